The molecule has 1 N–H and O–H groups in total. The number of ether oxygens (including phenoxy) is 1. The minimum Gasteiger partial charge on any atom is -0.462 e. The summed E-state index contributed by atoms with van der Waals surface area (Å²) in [6, 6.07) is 17.8. The highest BCUT2D eigenvalue weighted by atomic mass is 32.2. The highest BCUT2D eigenvalue weighted by Gasteiger charge is 2.17. The van der Waals surface area contributed by atoms with Crippen molar-refractivity contribution in [2.45, 2.75) is 23.6 Å². The standard InChI is InChI=1S/C19H18N2O2S/c1-3-23-19(22)17-12-15(24-14-7-5-4-6-8-14)9-10-16(17)18-11-13(2)20-21-18/h4-12H,3H2,1-2H3,(H,20,21). The van der Waals surface area contributed by atoms with Crippen LogP contribution in [0, 0.1) is 6.92 Å². The number of H-pyrrole nitrogens is 1. The Morgan fingerprint density at radius 2 is 1.92 bits per heavy atom. The molecule has 0 bridgehead atoms. The Bertz CT molecular complexity index is 844. The van der Waals surface area contributed by atoms with E-state index in [0.29, 0.717) is 12.2 Å². The zero-order valence-corrected chi connectivity index (χ0v) is 14.4. The molecule has 122 valence electrons. The molecule has 3 aromatic rings. The van der Waals surface area contributed by atoms with Gasteiger partial charge in [-0.25, -0.2) is 4.79 Å². The molecule has 0 radical (unpaired) electrons. The van der Waals surface area contributed by atoms with Gasteiger partial charge in [0.1, 0.15) is 0 Å². The van der Waals surface area contributed by atoms with Crippen LogP contribution in [0.2, 0.25) is 0 Å². The van der Waals surface area contributed by atoms with Crippen molar-refractivity contribution >= 4 is 17.7 Å². The molecule has 4 nitrogen and oxygen atoms in total. The zero-order valence-electron chi connectivity index (χ0n) is 13.6. The summed E-state index contributed by atoms with van der Waals surface area (Å²) >= 11 is 1.61. The van der Waals surface area contributed by atoms with E-state index in [9.17, 15) is 4.79 Å². The fraction of sp³-hybridized carbons (Fsp3) is 0.158. The van der Waals surface area contributed by atoms with Crippen molar-refractivity contribution in [3.8, 4) is 11.3 Å². The van der Waals surface area contributed by atoms with Crippen LogP contribution in [0.3, 0.4) is 0 Å². The summed E-state index contributed by atoms with van der Waals surface area (Å²) in [6.45, 7) is 4.08. The van der Waals surface area contributed by atoms with Crippen LogP contribution in [-0.4, -0.2) is 22.8 Å². The van der Waals surface area contributed by atoms with E-state index < -0.39 is 0 Å². The number of hydrogen-bond donors (Lipinski definition) is 1. The lowest BCUT2D eigenvalue weighted by molar-refractivity contribution is 0.0527. The third kappa shape index (κ3) is 3.68. The molecule has 0 aliphatic heterocycles. The largest absolute Gasteiger partial charge is 0.462 e. The molecule has 3 rings (SSSR count). The average molecular weight is 338 g/mol. The summed E-state index contributed by atoms with van der Waals surface area (Å²) in [5.74, 6) is -0.330. The summed E-state index contributed by atoms with van der Waals surface area (Å²) in [5.41, 5.74) is 2.99. The summed E-state index contributed by atoms with van der Waals surface area (Å²) in [5, 5.41) is 7.18. The Labute approximate surface area is 145 Å². The molecule has 0 saturated heterocycles. The number of benzene rings is 2. The first kappa shape index (κ1) is 16.3. The Hall–Kier alpha value is -2.53. The van der Waals surface area contributed by atoms with Gasteiger partial charge in [0.15, 0.2) is 0 Å². The SMILES string of the molecule is CCOC(=O)c1cc(Sc2ccccc2)ccc1-c1cc(C)[nH]n1. The lowest BCUT2D eigenvalue weighted by atomic mass is 10.0. The van der Waals surface area contributed by atoms with E-state index in [1.165, 1.54) is 0 Å². The Kier molecular flexibility index (Phi) is 5.01. The van der Waals surface area contributed by atoms with Gasteiger partial charge >= 0.3 is 5.97 Å². The molecule has 5 heteroatoms. The highest BCUT2D eigenvalue weighted by Crippen LogP contribution is 2.32. The molecule has 0 unspecified atom stereocenters. The van der Waals surface area contributed by atoms with E-state index in [1.807, 2.05) is 61.5 Å². The molecule has 1 heterocycles. The number of nitrogens with one attached hydrogen (secondary N) is 1. The molecule has 0 fully saturated rings. The molecule has 0 spiro atoms. The maximum Gasteiger partial charge on any atom is 0.338 e. The molecule has 0 aliphatic carbocycles. The van der Waals surface area contributed by atoms with Crippen LogP contribution < -0.4 is 0 Å². The first-order valence-electron chi connectivity index (χ1n) is 7.74. The summed E-state index contributed by atoms with van der Waals surface area (Å²) in [7, 11) is 0. The van der Waals surface area contributed by atoms with E-state index in [0.717, 1.165) is 26.7 Å². The smallest absolute Gasteiger partial charge is 0.338 e. The molecule has 0 aliphatic rings. The van der Waals surface area contributed by atoms with Gasteiger partial charge in [-0.15, -0.1) is 0 Å². The zero-order chi connectivity index (χ0) is 16.9. The fourth-order valence-electron chi connectivity index (χ4n) is 2.37. The molecule has 1 aromatic heterocycles. The maximum atomic E-state index is 12.4. The van der Waals surface area contributed by atoms with Gasteiger partial charge in [0, 0.05) is 21.0 Å². The van der Waals surface area contributed by atoms with Crippen molar-refractivity contribution in [2.24, 2.45) is 0 Å². The van der Waals surface area contributed by atoms with E-state index in [1.54, 1.807) is 18.7 Å². The summed E-state index contributed by atoms with van der Waals surface area (Å²) in [4.78, 5) is 14.5. The molecule has 0 amide bonds. The minimum atomic E-state index is -0.330. The minimum absolute atomic E-state index is 0.330. The summed E-state index contributed by atoms with van der Waals surface area (Å²) < 4.78 is 5.22. The van der Waals surface area contributed by atoms with Gasteiger partial charge in [-0.2, -0.15) is 5.10 Å². The number of carbonyl (C=O) groups is 1. The van der Waals surface area contributed by atoms with Gasteiger partial charge in [0.2, 0.25) is 0 Å². The van der Waals surface area contributed by atoms with Gasteiger partial charge in [-0.05, 0) is 44.2 Å². The average Bonchev–Trinajstić information content (AvgIpc) is 3.02. The second-order valence-electron chi connectivity index (χ2n) is 5.28. The van der Waals surface area contributed by atoms with E-state index in [-0.39, 0.29) is 5.97 Å². The van der Waals surface area contributed by atoms with E-state index in [2.05, 4.69) is 10.2 Å². The van der Waals surface area contributed by atoms with Crippen LogP contribution in [0.1, 0.15) is 23.0 Å². The van der Waals surface area contributed by atoms with Crippen LogP contribution in [0.5, 0.6) is 0 Å². The first-order chi connectivity index (χ1) is 11.7. The van der Waals surface area contributed by atoms with Crippen molar-refractivity contribution in [3.05, 3.63) is 65.9 Å². The van der Waals surface area contributed by atoms with Gasteiger partial charge in [0.05, 0.1) is 17.9 Å². The predicted octanol–water partition coefficient (Wildman–Crippen LogP) is 4.71. The Balaban J connectivity index is 1.99. The lowest BCUT2D eigenvalue weighted by Gasteiger charge is -2.09. The molecular weight excluding hydrogens is 320 g/mol. The quantitative estimate of drug-likeness (QED) is 0.684. The second-order valence-corrected chi connectivity index (χ2v) is 6.43. The number of aromatic nitrogens is 2. The monoisotopic (exact) mass is 338 g/mol. The number of carbonyl (C=O) groups excluding carboxylic acids is 1. The van der Waals surface area contributed by atoms with Gasteiger partial charge in [-0.3, -0.25) is 5.10 Å². The van der Waals surface area contributed by atoms with E-state index >= 15 is 0 Å². The Morgan fingerprint density at radius 3 is 2.58 bits per heavy atom. The number of rotatable bonds is 5. The lowest BCUT2D eigenvalue weighted by Crippen LogP contribution is -2.06. The van der Waals surface area contributed by atoms with Crippen LogP contribution in [-0.2, 0) is 4.74 Å². The highest BCUT2D eigenvalue weighted by molar-refractivity contribution is 7.99. The molecule has 0 saturated carbocycles. The second kappa shape index (κ2) is 7.36. The van der Waals surface area contributed by atoms with Gasteiger partial charge in [-0.1, -0.05) is 36.0 Å². The number of hydrogen-bond acceptors (Lipinski definition) is 4. The third-order valence-electron chi connectivity index (χ3n) is 3.45. The van der Waals surface area contributed by atoms with Crippen molar-refractivity contribution in [1.82, 2.24) is 10.2 Å². The van der Waals surface area contributed by atoms with Crippen molar-refractivity contribution in [3.63, 3.8) is 0 Å². The topological polar surface area (TPSA) is 55.0 Å². The van der Waals surface area contributed by atoms with Gasteiger partial charge < -0.3 is 4.74 Å². The van der Waals surface area contributed by atoms with Crippen LogP contribution in [0.25, 0.3) is 11.3 Å². The normalized spacial score (nSPS) is 10.6. The van der Waals surface area contributed by atoms with Crippen LogP contribution >= 0.6 is 11.8 Å². The molecule has 2 aromatic carbocycles. The fourth-order valence-corrected chi connectivity index (χ4v) is 3.25. The molecule has 24 heavy (non-hydrogen) atoms. The molecule has 0 atom stereocenters. The Morgan fingerprint density at radius 1 is 1.12 bits per heavy atom. The number of esters is 1. The number of aryl methyl sites for hydroxylation is 1. The van der Waals surface area contributed by atoms with Crippen LogP contribution in [0.15, 0.2) is 64.4 Å². The van der Waals surface area contributed by atoms with Crippen LogP contribution in [0.4, 0.5) is 0 Å². The van der Waals surface area contributed by atoms with Crippen molar-refractivity contribution < 1.29 is 9.53 Å². The first-order valence-corrected chi connectivity index (χ1v) is 8.55. The third-order valence-corrected chi connectivity index (χ3v) is 4.44. The van der Waals surface area contributed by atoms with Crippen molar-refractivity contribution in [2.75, 3.05) is 6.61 Å². The summed E-state index contributed by atoms with van der Waals surface area (Å²) in [6.07, 6.45) is 0. The predicted molar refractivity (Wildman–Crippen MR) is 95.3 cm³/mol. The maximum absolute atomic E-state index is 12.4. The number of aromatic amines is 1. The van der Waals surface area contributed by atoms with Crippen molar-refractivity contribution in [1.29, 1.82) is 0 Å². The number of nitrogens with zero attached hydrogens (tertiary/aromatic N) is 1. The van der Waals surface area contributed by atoms with E-state index in [4.69, 9.17) is 4.74 Å². The molecular formula is C19H18N2O2S. The van der Waals surface area contributed by atoms with Gasteiger partial charge in [0.25, 0.3) is 0 Å².